The number of aliphatic carboxylic acids is 1. The molecule has 2 aromatic carbocycles. The molecule has 0 fully saturated rings. The van der Waals surface area contributed by atoms with Gasteiger partial charge >= 0.3 is 5.97 Å². The lowest BCUT2D eigenvalue weighted by Crippen LogP contribution is -2.11. The van der Waals surface area contributed by atoms with Crippen molar-refractivity contribution in [3.8, 4) is 23.0 Å². The van der Waals surface area contributed by atoms with Crippen molar-refractivity contribution in [2.24, 2.45) is 5.92 Å². The fraction of sp³-hybridized carbons (Fsp3) is 0.333. The Kier molecular flexibility index (Phi) is 7.12. The number of aryl methyl sites for hydroxylation is 1. The van der Waals surface area contributed by atoms with Gasteiger partial charge in [-0.3, -0.25) is 0 Å². The van der Waals surface area contributed by atoms with Crippen LogP contribution in [0.2, 0.25) is 0 Å². The van der Waals surface area contributed by atoms with Crippen LogP contribution in [0, 0.1) is 12.8 Å². The first kappa shape index (κ1) is 21.4. The molecule has 1 aromatic heterocycles. The van der Waals surface area contributed by atoms with E-state index in [9.17, 15) is 4.79 Å². The highest BCUT2D eigenvalue weighted by Gasteiger charge is 2.13. The summed E-state index contributed by atoms with van der Waals surface area (Å²) in [5, 5.41) is 8.86. The minimum Gasteiger partial charge on any atom is -0.493 e. The zero-order chi connectivity index (χ0) is 21.5. The number of carboxylic acid groups (broad SMARTS) is 1. The number of carboxylic acids is 1. The molecule has 0 amide bonds. The Hall–Kier alpha value is -3.28. The van der Waals surface area contributed by atoms with Crippen LogP contribution in [0.15, 0.2) is 52.9 Å². The number of rotatable bonds is 10. The normalized spacial score (nSPS) is 10.9. The van der Waals surface area contributed by atoms with Crippen LogP contribution >= 0.6 is 0 Å². The summed E-state index contributed by atoms with van der Waals surface area (Å²) >= 11 is 0. The fourth-order valence-electron chi connectivity index (χ4n) is 3.15. The molecule has 0 saturated heterocycles. The largest absolute Gasteiger partial charge is 0.493 e. The molecule has 3 aromatic rings. The van der Waals surface area contributed by atoms with E-state index in [1.807, 2.05) is 43.3 Å². The molecule has 0 aliphatic carbocycles. The second-order valence-corrected chi connectivity index (χ2v) is 7.54. The monoisotopic (exact) mass is 409 g/mol. The van der Waals surface area contributed by atoms with Gasteiger partial charge in [0.2, 0.25) is 5.89 Å². The smallest absolute Gasteiger partial charge is 0.341 e. The zero-order valence-electron chi connectivity index (χ0n) is 17.6. The molecule has 30 heavy (non-hydrogen) atoms. The first-order valence-electron chi connectivity index (χ1n) is 10.0. The number of oxazole rings is 1. The summed E-state index contributed by atoms with van der Waals surface area (Å²) in [6.45, 7) is 6.21. The van der Waals surface area contributed by atoms with E-state index in [-0.39, 0.29) is 6.61 Å². The predicted octanol–water partition coefficient (Wildman–Crippen LogP) is 4.93. The lowest BCUT2D eigenvalue weighted by atomic mass is 10.0. The summed E-state index contributed by atoms with van der Waals surface area (Å²) in [5.41, 5.74) is 2.76. The third-order valence-electron chi connectivity index (χ3n) is 4.53. The highest BCUT2D eigenvalue weighted by molar-refractivity contribution is 5.68. The van der Waals surface area contributed by atoms with E-state index in [2.05, 4.69) is 18.8 Å². The molecule has 0 spiro atoms. The third-order valence-corrected chi connectivity index (χ3v) is 4.53. The third kappa shape index (κ3) is 5.86. The van der Waals surface area contributed by atoms with Crippen molar-refractivity contribution in [3.05, 3.63) is 65.5 Å². The van der Waals surface area contributed by atoms with Crippen LogP contribution in [0.3, 0.4) is 0 Å². The van der Waals surface area contributed by atoms with Crippen molar-refractivity contribution >= 4 is 5.97 Å². The van der Waals surface area contributed by atoms with Crippen LogP contribution in [0.25, 0.3) is 11.5 Å². The van der Waals surface area contributed by atoms with Crippen molar-refractivity contribution in [1.29, 1.82) is 0 Å². The molecule has 1 heterocycles. The van der Waals surface area contributed by atoms with Gasteiger partial charge in [-0.2, -0.15) is 0 Å². The summed E-state index contributed by atoms with van der Waals surface area (Å²) in [6.07, 6.45) is 1.40. The van der Waals surface area contributed by atoms with E-state index in [1.165, 1.54) is 0 Å². The van der Waals surface area contributed by atoms with Gasteiger partial charge in [-0.1, -0.05) is 32.0 Å². The molecule has 6 heteroatoms. The van der Waals surface area contributed by atoms with Crippen LogP contribution < -0.4 is 9.47 Å². The van der Waals surface area contributed by atoms with Gasteiger partial charge in [-0.05, 0) is 55.2 Å². The molecule has 0 saturated carbocycles. The van der Waals surface area contributed by atoms with Crippen molar-refractivity contribution in [2.75, 3.05) is 13.2 Å². The summed E-state index contributed by atoms with van der Waals surface area (Å²) in [4.78, 5) is 15.4. The first-order valence-corrected chi connectivity index (χ1v) is 10.0. The molecule has 158 valence electrons. The van der Waals surface area contributed by atoms with Crippen molar-refractivity contribution < 1.29 is 23.8 Å². The van der Waals surface area contributed by atoms with Crippen molar-refractivity contribution in [3.63, 3.8) is 0 Å². The molecular weight excluding hydrogens is 382 g/mol. The van der Waals surface area contributed by atoms with Crippen molar-refractivity contribution in [1.82, 2.24) is 4.98 Å². The van der Waals surface area contributed by atoms with Gasteiger partial charge in [-0.25, -0.2) is 9.78 Å². The molecule has 0 aliphatic rings. The molecular formula is C24H27NO5. The zero-order valence-corrected chi connectivity index (χ0v) is 17.6. The number of benzene rings is 2. The van der Waals surface area contributed by atoms with E-state index < -0.39 is 5.97 Å². The number of nitrogens with zero attached hydrogens (tertiary/aromatic N) is 1. The minimum atomic E-state index is -0.997. The average molecular weight is 409 g/mol. The number of hydrogen-bond acceptors (Lipinski definition) is 5. The maximum Gasteiger partial charge on any atom is 0.341 e. The number of aromatic nitrogens is 1. The summed E-state index contributed by atoms with van der Waals surface area (Å²) in [6, 6.07) is 15.3. The second kappa shape index (κ2) is 9.96. The van der Waals surface area contributed by atoms with E-state index in [1.54, 1.807) is 12.1 Å². The van der Waals surface area contributed by atoms with Gasteiger partial charge in [0.15, 0.2) is 6.61 Å². The highest BCUT2D eigenvalue weighted by atomic mass is 16.5. The van der Waals surface area contributed by atoms with Crippen LogP contribution in [0.1, 0.15) is 30.9 Å². The summed E-state index contributed by atoms with van der Waals surface area (Å²) in [7, 11) is 0. The standard InChI is InChI=1S/C24H27NO5/c1-16(2)13-19-14-20(9-10-22(19)29-15-23(26)27)28-12-11-21-17(3)30-24(25-21)18-7-5-4-6-8-18/h4-10,14,16H,11-13,15H2,1-3H3,(H,26,27). The molecule has 0 radical (unpaired) electrons. The Labute approximate surface area is 176 Å². The van der Waals surface area contributed by atoms with Crippen molar-refractivity contribution in [2.45, 2.75) is 33.6 Å². The number of hydrogen-bond donors (Lipinski definition) is 1. The van der Waals surface area contributed by atoms with Crippen LogP contribution in [0.5, 0.6) is 11.5 Å². The maximum absolute atomic E-state index is 10.8. The fourth-order valence-corrected chi connectivity index (χ4v) is 3.15. The molecule has 0 atom stereocenters. The van der Waals surface area contributed by atoms with Gasteiger partial charge in [0, 0.05) is 12.0 Å². The van der Waals surface area contributed by atoms with Gasteiger partial charge in [0.25, 0.3) is 0 Å². The number of ether oxygens (including phenoxy) is 2. The minimum absolute atomic E-state index is 0.361. The Balaban J connectivity index is 1.64. The maximum atomic E-state index is 10.8. The highest BCUT2D eigenvalue weighted by Crippen LogP contribution is 2.27. The van der Waals surface area contributed by atoms with Gasteiger partial charge in [0.05, 0.1) is 12.3 Å². The summed E-state index contributed by atoms with van der Waals surface area (Å²) < 4.78 is 17.1. The lowest BCUT2D eigenvalue weighted by Gasteiger charge is -2.14. The topological polar surface area (TPSA) is 81.8 Å². The Morgan fingerprint density at radius 2 is 1.90 bits per heavy atom. The Bertz CT molecular complexity index is 979. The molecule has 1 N–H and O–H groups in total. The average Bonchev–Trinajstić information content (AvgIpc) is 3.08. The van der Waals surface area contributed by atoms with Gasteiger partial charge in [-0.15, -0.1) is 0 Å². The first-order chi connectivity index (χ1) is 14.4. The lowest BCUT2D eigenvalue weighted by molar-refractivity contribution is -0.139. The quantitative estimate of drug-likeness (QED) is 0.511. The van der Waals surface area contributed by atoms with Crippen LogP contribution in [-0.2, 0) is 17.6 Å². The number of carbonyl (C=O) groups is 1. The molecule has 0 unspecified atom stereocenters. The molecule has 0 aliphatic heterocycles. The molecule has 6 nitrogen and oxygen atoms in total. The Morgan fingerprint density at radius 3 is 2.60 bits per heavy atom. The van der Waals surface area contributed by atoms with Crippen LogP contribution in [0.4, 0.5) is 0 Å². The van der Waals surface area contributed by atoms with Gasteiger partial charge < -0.3 is 19.0 Å². The van der Waals surface area contributed by atoms with E-state index in [0.717, 1.165) is 34.8 Å². The summed E-state index contributed by atoms with van der Waals surface area (Å²) in [5.74, 6) is 2.11. The van der Waals surface area contributed by atoms with E-state index >= 15 is 0 Å². The molecule has 3 rings (SSSR count). The van der Waals surface area contributed by atoms with E-state index in [4.69, 9.17) is 19.0 Å². The predicted molar refractivity (Wildman–Crippen MR) is 114 cm³/mol. The SMILES string of the molecule is Cc1oc(-c2ccccc2)nc1CCOc1ccc(OCC(=O)O)c(CC(C)C)c1. The second-order valence-electron chi connectivity index (χ2n) is 7.54. The Morgan fingerprint density at radius 1 is 1.13 bits per heavy atom. The van der Waals surface area contributed by atoms with E-state index in [0.29, 0.717) is 30.6 Å². The van der Waals surface area contributed by atoms with Gasteiger partial charge in [0.1, 0.15) is 17.3 Å². The van der Waals surface area contributed by atoms with Crippen LogP contribution in [-0.4, -0.2) is 29.3 Å². The molecule has 0 bridgehead atoms.